The van der Waals surface area contributed by atoms with Crippen LogP contribution in [0.1, 0.15) is 5.56 Å². The quantitative estimate of drug-likeness (QED) is 0.421. The standard InChI is InChI=1S/C18H14O5/c1-21-14-4-2-3-12(9-14)10-18(20)22-15-7-5-13-6-8-17(19)23-16(13)11-15/h2-9,11H,10H2,1H3. The molecule has 5 nitrogen and oxygen atoms in total. The Bertz CT molecular complexity index is 910. The number of methoxy groups -OCH3 is 1. The van der Waals surface area contributed by atoms with Crippen LogP contribution in [0.15, 0.2) is 63.8 Å². The van der Waals surface area contributed by atoms with E-state index in [9.17, 15) is 9.59 Å². The molecule has 0 aliphatic heterocycles. The third-order valence-electron chi connectivity index (χ3n) is 3.31. The first kappa shape index (κ1) is 14.8. The molecule has 3 rings (SSSR count). The van der Waals surface area contributed by atoms with Crippen molar-refractivity contribution < 1.29 is 18.7 Å². The molecule has 0 unspecified atom stereocenters. The Morgan fingerprint density at radius 1 is 1.04 bits per heavy atom. The lowest BCUT2D eigenvalue weighted by molar-refractivity contribution is -0.133. The highest BCUT2D eigenvalue weighted by Gasteiger charge is 2.08. The minimum Gasteiger partial charge on any atom is -0.497 e. The van der Waals surface area contributed by atoms with Gasteiger partial charge in [0.25, 0.3) is 0 Å². The fourth-order valence-corrected chi connectivity index (χ4v) is 2.22. The highest BCUT2D eigenvalue weighted by Crippen LogP contribution is 2.20. The third kappa shape index (κ3) is 3.58. The second-order valence-electron chi connectivity index (χ2n) is 4.96. The highest BCUT2D eigenvalue weighted by atomic mass is 16.5. The molecule has 0 fully saturated rings. The zero-order chi connectivity index (χ0) is 16.2. The average Bonchev–Trinajstić information content (AvgIpc) is 2.54. The first-order chi connectivity index (χ1) is 11.1. The molecule has 0 spiro atoms. The number of hydrogen-bond acceptors (Lipinski definition) is 5. The van der Waals surface area contributed by atoms with Crippen molar-refractivity contribution in [1.29, 1.82) is 0 Å². The van der Waals surface area contributed by atoms with Gasteiger partial charge in [0.1, 0.15) is 17.1 Å². The summed E-state index contributed by atoms with van der Waals surface area (Å²) in [6.07, 6.45) is 0.119. The van der Waals surface area contributed by atoms with Crippen LogP contribution < -0.4 is 15.1 Å². The molecule has 0 aliphatic rings. The SMILES string of the molecule is COc1cccc(CC(=O)Oc2ccc3ccc(=O)oc3c2)c1. The van der Waals surface area contributed by atoms with Crippen molar-refractivity contribution >= 4 is 16.9 Å². The van der Waals surface area contributed by atoms with E-state index in [-0.39, 0.29) is 6.42 Å². The minimum absolute atomic E-state index is 0.119. The second kappa shape index (κ2) is 6.36. The van der Waals surface area contributed by atoms with Crippen LogP contribution in [0, 0.1) is 0 Å². The van der Waals surface area contributed by atoms with Crippen LogP contribution in [0.25, 0.3) is 11.0 Å². The number of hydrogen-bond donors (Lipinski definition) is 0. The van der Waals surface area contributed by atoms with E-state index in [1.165, 1.54) is 12.1 Å². The smallest absolute Gasteiger partial charge is 0.336 e. The summed E-state index contributed by atoms with van der Waals surface area (Å²) < 4.78 is 15.5. The van der Waals surface area contributed by atoms with Gasteiger partial charge in [-0.25, -0.2) is 4.79 Å². The Morgan fingerprint density at radius 3 is 2.70 bits per heavy atom. The summed E-state index contributed by atoms with van der Waals surface area (Å²) in [7, 11) is 1.57. The molecule has 0 N–H and O–H groups in total. The highest BCUT2D eigenvalue weighted by molar-refractivity contribution is 5.80. The molecule has 2 aromatic carbocycles. The van der Waals surface area contributed by atoms with Crippen LogP contribution in [0.3, 0.4) is 0 Å². The van der Waals surface area contributed by atoms with E-state index in [4.69, 9.17) is 13.9 Å². The Hall–Kier alpha value is -3.08. The number of esters is 1. The van der Waals surface area contributed by atoms with Gasteiger partial charge in [-0.2, -0.15) is 0 Å². The Labute approximate surface area is 132 Å². The molecule has 23 heavy (non-hydrogen) atoms. The Balaban J connectivity index is 1.75. The van der Waals surface area contributed by atoms with Gasteiger partial charge in [0.05, 0.1) is 13.5 Å². The zero-order valence-electron chi connectivity index (χ0n) is 12.4. The fraction of sp³-hybridized carbons (Fsp3) is 0.111. The van der Waals surface area contributed by atoms with Gasteiger partial charge in [-0.05, 0) is 35.9 Å². The topological polar surface area (TPSA) is 65.7 Å². The van der Waals surface area contributed by atoms with Gasteiger partial charge in [0, 0.05) is 17.5 Å². The van der Waals surface area contributed by atoms with Gasteiger partial charge >= 0.3 is 11.6 Å². The van der Waals surface area contributed by atoms with Crippen molar-refractivity contribution in [2.75, 3.05) is 7.11 Å². The number of ether oxygens (including phenoxy) is 2. The lowest BCUT2D eigenvalue weighted by Crippen LogP contribution is -2.11. The lowest BCUT2D eigenvalue weighted by atomic mass is 10.1. The summed E-state index contributed by atoms with van der Waals surface area (Å²) in [5.41, 5.74) is 0.725. The predicted octanol–water partition coefficient (Wildman–Crippen LogP) is 2.95. The number of carbonyl (C=O) groups excluding carboxylic acids is 1. The van der Waals surface area contributed by atoms with E-state index in [0.29, 0.717) is 17.1 Å². The first-order valence-corrected chi connectivity index (χ1v) is 7.01. The summed E-state index contributed by atoms with van der Waals surface area (Å²) in [5, 5.41) is 0.761. The molecule has 0 radical (unpaired) electrons. The summed E-state index contributed by atoms with van der Waals surface area (Å²) in [6, 6.07) is 15.1. The summed E-state index contributed by atoms with van der Waals surface area (Å²) in [4.78, 5) is 23.3. The lowest BCUT2D eigenvalue weighted by Gasteiger charge is -2.06. The van der Waals surface area contributed by atoms with E-state index in [1.807, 2.05) is 12.1 Å². The van der Waals surface area contributed by atoms with Crippen molar-refractivity contribution in [2.45, 2.75) is 6.42 Å². The molecular formula is C18H14O5. The second-order valence-corrected chi connectivity index (χ2v) is 4.96. The summed E-state index contributed by atoms with van der Waals surface area (Å²) in [6.45, 7) is 0. The molecule has 0 aliphatic carbocycles. The number of benzene rings is 2. The van der Waals surface area contributed by atoms with E-state index in [1.54, 1.807) is 37.4 Å². The largest absolute Gasteiger partial charge is 0.497 e. The maximum absolute atomic E-state index is 12.0. The van der Waals surface area contributed by atoms with Crippen molar-refractivity contribution in [3.63, 3.8) is 0 Å². The number of fused-ring (bicyclic) bond motifs is 1. The monoisotopic (exact) mass is 310 g/mol. The molecule has 0 saturated carbocycles. The summed E-state index contributed by atoms with van der Waals surface area (Å²) >= 11 is 0. The molecular weight excluding hydrogens is 296 g/mol. The molecule has 3 aromatic rings. The van der Waals surface area contributed by atoms with Gasteiger partial charge in [-0.3, -0.25) is 4.79 Å². The zero-order valence-corrected chi connectivity index (χ0v) is 12.4. The molecule has 1 aromatic heterocycles. The van der Waals surface area contributed by atoms with Gasteiger partial charge in [0.15, 0.2) is 0 Å². The van der Waals surface area contributed by atoms with E-state index >= 15 is 0 Å². The van der Waals surface area contributed by atoms with Gasteiger partial charge in [0.2, 0.25) is 0 Å². The number of rotatable bonds is 4. The molecule has 0 saturated heterocycles. The molecule has 0 amide bonds. The van der Waals surface area contributed by atoms with Crippen LogP contribution in [0.2, 0.25) is 0 Å². The third-order valence-corrected chi connectivity index (χ3v) is 3.31. The Kier molecular flexibility index (Phi) is 4.10. The molecule has 0 atom stereocenters. The summed E-state index contributed by atoms with van der Waals surface area (Å²) in [5.74, 6) is 0.610. The normalized spacial score (nSPS) is 10.5. The van der Waals surface area contributed by atoms with Gasteiger partial charge in [-0.1, -0.05) is 12.1 Å². The predicted molar refractivity (Wildman–Crippen MR) is 84.8 cm³/mol. The van der Waals surface area contributed by atoms with Crippen molar-refractivity contribution in [2.24, 2.45) is 0 Å². The van der Waals surface area contributed by atoms with Crippen LogP contribution in [-0.2, 0) is 11.2 Å². The van der Waals surface area contributed by atoms with Crippen LogP contribution >= 0.6 is 0 Å². The van der Waals surface area contributed by atoms with E-state index in [0.717, 1.165) is 10.9 Å². The van der Waals surface area contributed by atoms with Crippen molar-refractivity contribution in [3.8, 4) is 11.5 Å². The Morgan fingerprint density at radius 2 is 1.87 bits per heavy atom. The maximum atomic E-state index is 12.0. The van der Waals surface area contributed by atoms with E-state index in [2.05, 4.69) is 0 Å². The molecule has 116 valence electrons. The average molecular weight is 310 g/mol. The van der Waals surface area contributed by atoms with Crippen molar-refractivity contribution in [1.82, 2.24) is 0 Å². The minimum atomic E-state index is -0.447. The van der Waals surface area contributed by atoms with Crippen molar-refractivity contribution in [3.05, 3.63) is 70.6 Å². The van der Waals surface area contributed by atoms with Crippen LogP contribution in [0.4, 0.5) is 0 Å². The maximum Gasteiger partial charge on any atom is 0.336 e. The number of carbonyl (C=O) groups is 1. The van der Waals surface area contributed by atoms with E-state index < -0.39 is 11.6 Å². The fourth-order valence-electron chi connectivity index (χ4n) is 2.22. The first-order valence-electron chi connectivity index (χ1n) is 7.01. The molecule has 0 bridgehead atoms. The van der Waals surface area contributed by atoms with Gasteiger partial charge < -0.3 is 13.9 Å². The van der Waals surface area contributed by atoms with Crippen LogP contribution in [0.5, 0.6) is 11.5 Å². The molecule has 1 heterocycles. The molecule has 5 heteroatoms. The van der Waals surface area contributed by atoms with Gasteiger partial charge in [-0.15, -0.1) is 0 Å². The van der Waals surface area contributed by atoms with Crippen LogP contribution in [-0.4, -0.2) is 13.1 Å².